The molecule has 0 spiro atoms. The molecule has 1 fully saturated rings. The van der Waals surface area contributed by atoms with Crippen molar-refractivity contribution in [3.63, 3.8) is 0 Å². The monoisotopic (exact) mass is 189 g/mol. The van der Waals surface area contributed by atoms with E-state index in [2.05, 4.69) is 5.32 Å². The fourth-order valence-electron chi connectivity index (χ4n) is 1.15. The van der Waals surface area contributed by atoms with E-state index in [1.54, 1.807) is 0 Å². The van der Waals surface area contributed by atoms with E-state index >= 15 is 0 Å². The second-order valence-electron chi connectivity index (χ2n) is 3.59. The van der Waals surface area contributed by atoms with Gasteiger partial charge >= 0.3 is 0 Å². The molecule has 0 saturated heterocycles. The normalized spacial score (nSPS) is 18.8. The topological polar surface area (TPSA) is 29.1 Å². The summed E-state index contributed by atoms with van der Waals surface area (Å²) in [5, 5.41) is 2.93. The van der Waals surface area contributed by atoms with Crippen LogP contribution in [-0.2, 0) is 4.79 Å². The smallest absolute Gasteiger partial charge is 0.220 e. The van der Waals surface area contributed by atoms with Crippen molar-refractivity contribution >= 4 is 17.5 Å². The van der Waals surface area contributed by atoms with Gasteiger partial charge in [0.1, 0.15) is 0 Å². The highest BCUT2D eigenvalue weighted by Crippen LogP contribution is 2.32. The fraction of sp³-hybridized carbons (Fsp3) is 0.889. The Kier molecular flexibility index (Phi) is 3.86. The first-order chi connectivity index (χ1) is 5.72. The highest BCUT2D eigenvalue weighted by molar-refractivity contribution is 6.17. The molecular formula is C9H16ClNO. The second-order valence-corrected chi connectivity index (χ2v) is 3.97. The Hall–Kier alpha value is -0.240. The van der Waals surface area contributed by atoms with Crippen LogP contribution in [0.15, 0.2) is 0 Å². The van der Waals surface area contributed by atoms with Gasteiger partial charge in [0.25, 0.3) is 0 Å². The summed E-state index contributed by atoms with van der Waals surface area (Å²) < 4.78 is 0. The van der Waals surface area contributed by atoms with Crippen LogP contribution in [0.1, 0.15) is 32.6 Å². The zero-order valence-electron chi connectivity index (χ0n) is 7.48. The van der Waals surface area contributed by atoms with Gasteiger partial charge in [-0.15, -0.1) is 11.6 Å². The molecule has 0 heterocycles. The van der Waals surface area contributed by atoms with E-state index in [1.807, 2.05) is 6.92 Å². The summed E-state index contributed by atoms with van der Waals surface area (Å²) in [6.45, 7) is 1.99. The molecule has 12 heavy (non-hydrogen) atoms. The fourth-order valence-corrected chi connectivity index (χ4v) is 1.48. The van der Waals surface area contributed by atoms with Gasteiger partial charge in [0.2, 0.25) is 5.91 Å². The lowest BCUT2D eigenvalue weighted by Crippen LogP contribution is -2.32. The number of amides is 1. The number of alkyl halides is 1. The third-order valence-corrected chi connectivity index (χ3v) is 2.34. The molecule has 0 aromatic carbocycles. The van der Waals surface area contributed by atoms with Crippen molar-refractivity contribution in [2.45, 2.75) is 38.6 Å². The SMILES string of the molecule is CC(CCCl)NC(=O)CC1CC1. The molecule has 0 aromatic heterocycles. The lowest BCUT2D eigenvalue weighted by atomic mass is 10.2. The predicted octanol–water partition coefficient (Wildman–Crippen LogP) is 1.92. The maximum absolute atomic E-state index is 11.2. The molecule has 1 aliphatic carbocycles. The number of hydrogen-bond acceptors (Lipinski definition) is 1. The lowest BCUT2D eigenvalue weighted by Gasteiger charge is -2.11. The minimum absolute atomic E-state index is 0.190. The molecule has 0 radical (unpaired) electrons. The average Bonchev–Trinajstić information content (AvgIpc) is 2.71. The van der Waals surface area contributed by atoms with Crippen LogP contribution in [0.25, 0.3) is 0 Å². The van der Waals surface area contributed by atoms with Gasteiger partial charge in [-0.3, -0.25) is 4.79 Å². The Morgan fingerprint density at radius 3 is 2.83 bits per heavy atom. The highest BCUT2D eigenvalue weighted by atomic mass is 35.5. The van der Waals surface area contributed by atoms with Crippen LogP contribution in [-0.4, -0.2) is 17.8 Å². The number of carbonyl (C=O) groups excluding carboxylic acids is 1. The molecule has 1 rings (SSSR count). The van der Waals surface area contributed by atoms with Crippen LogP contribution < -0.4 is 5.32 Å². The molecule has 0 bridgehead atoms. The van der Waals surface area contributed by atoms with Crippen LogP contribution in [0, 0.1) is 5.92 Å². The van der Waals surface area contributed by atoms with Crippen LogP contribution in [0.3, 0.4) is 0 Å². The van der Waals surface area contributed by atoms with E-state index in [9.17, 15) is 4.79 Å². The quantitative estimate of drug-likeness (QED) is 0.658. The van der Waals surface area contributed by atoms with E-state index in [0.717, 1.165) is 6.42 Å². The van der Waals surface area contributed by atoms with Crippen molar-refractivity contribution in [3.05, 3.63) is 0 Å². The van der Waals surface area contributed by atoms with Crippen molar-refractivity contribution in [3.8, 4) is 0 Å². The number of nitrogens with one attached hydrogen (secondary N) is 1. The first kappa shape index (κ1) is 9.85. The Balaban J connectivity index is 2.06. The first-order valence-electron chi connectivity index (χ1n) is 4.57. The van der Waals surface area contributed by atoms with Crippen molar-refractivity contribution in [2.75, 3.05) is 5.88 Å². The first-order valence-corrected chi connectivity index (χ1v) is 5.11. The molecule has 0 aromatic rings. The molecule has 70 valence electrons. The Morgan fingerprint density at radius 2 is 2.33 bits per heavy atom. The van der Waals surface area contributed by atoms with Crippen LogP contribution >= 0.6 is 11.6 Å². The highest BCUT2D eigenvalue weighted by Gasteiger charge is 2.24. The maximum atomic E-state index is 11.2. The third kappa shape index (κ3) is 3.96. The minimum atomic E-state index is 0.190. The number of carbonyl (C=O) groups is 1. The van der Waals surface area contributed by atoms with Crippen LogP contribution in [0.2, 0.25) is 0 Å². The molecule has 2 nitrogen and oxygen atoms in total. The van der Waals surface area contributed by atoms with Gasteiger partial charge in [0.15, 0.2) is 0 Å². The summed E-state index contributed by atoms with van der Waals surface area (Å²) in [4.78, 5) is 11.2. The van der Waals surface area contributed by atoms with Gasteiger partial charge < -0.3 is 5.32 Å². The summed E-state index contributed by atoms with van der Waals surface area (Å²) in [5.74, 6) is 1.48. The van der Waals surface area contributed by atoms with Gasteiger partial charge in [-0.2, -0.15) is 0 Å². The number of halogens is 1. The Bertz CT molecular complexity index is 157. The number of rotatable bonds is 5. The van der Waals surface area contributed by atoms with E-state index in [4.69, 9.17) is 11.6 Å². The summed E-state index contributed by atoms with van der Waals surface area (Å²) in [5.41, 5.74) is 0. The molecule has 1 N–H and O–H groups in total. The standard InChI is InChI=1S/C9H16ClNO/c1-7(4-5-10)11-9(12)6-8-2-3-8/h7-8H,2-6H2,1H3,(H,11,12). The Labute approximate surface area is 78.7 Å². The molecule has 1 saturated carbocycles. The zero-order valence-corrected chi connectivity index (χ0v) is 8.23. The molecule has 0 aliphatic heterocycles. The largest absolute Gasteiger partial charge is 0.354 e. The Morgan fingerprint density at radius 1 is 1.67 bits per heavy atom. The van der Waals surface area contributed by atoms with Crippen molar-refractivity contribution in [1.29, 1.82) is 0 Å². The van der Waals surface area contributed by atoms with Crippen molar-refractivity contribution < 1.29 is 4.79 Å². The van der Waals surface area contributed by atoms with E-state index in [0.29, 0.717) is 18.2 Å². The van der Waals surface area contributed by atoms with Gasteiger partial charge in [-0.1, -0.05) is 0 Å². The average molecular weight is 190 g/mol. The van der Waals surface area contributed by atoms with Crippen LogP contribution in [0.4, 0.5) is 0 Å². The zero-order chi connectivity index (χ0) is 8.97. The van der Waals surface area contributed by atoms with Gasteiger partial charge in [0.05, 0.1) is 0 Å². The summed E-state index contributed by atoms with van der Waals surface area (Å²) in [6, 6.07) is 0.230. The minimum Gasteiger partial charge on any atom is -0.354 e. The molecular weight excluding hydrogens is 174 g/mol. The second kappa shape index (κ2) is 4.70. The van der Waals surface area contributed by atoms with Gasteiger partial charge in [-0.25, -0.2) is 0 Å². The maximum Gasteiger partial charge on any atom is 0.220 e. The van der Waals surface area contributed by atoms with Crippen LogP contribution in [0.5, 0.6) is 0 Å². The van der Waals surface area contributed by atoms with Gasteiger partial charge in [0, 0.05) is 18.3 Å². The van der Waals surface area contributed by atoms with Crippen molar-refractivity contribution in [1.82, 2.24) is 5.32 Å². The summed E-state index contributed by atoms with van der Waals surface area (Å²) >= 11 is 5.55. The van der Waals surface area contributed by atoms with E-state index in [-0.39, 0.29) is 11.9 Å². The number of hydrogen-bond donors (Lipinski definition) is 1. The van der Waals surface area contributed by atoms with E-state index < -0.39 is 0 Å². The summed E-state index contributed by atoms with van der Waals surface area (Å²) in [7, 11) is 0. The van der Waals surface area contributed by atoms with Crippen molar-refractivity contribution in [2.24, 2.45) is 5.92 Å². The molecule has 1 atom stereocenters. The molecule has 1 aliphatic rings. The predicted molar refractivity (Wildman–Crippen MR) is 50.3 cm³/mol. The third-order valence-electron chi connectivity index (χ3n) is 2.12. The lowest BCUT2D eigenvalue weighted by molar-refractivity contribution is -0.122. The summed E-state index contributed by atoms with van der Waals surface area (Å²) in [6.07, 6.45) is 4.04. The molecule has 1 amide bonds. The van der Waals surface area contributed by atoms with E-state index in [1.165, 1.54) is 12.8 Å². The molecule has 1 unspecified atom stereocenters. The van der Waals surface area contributed by atoms with Gasteiger partial charge in [-0.05, 0) is 32.1 Å². The molecule has 3 heteroatoms.